The Kier molecular flexibility index (Phi) is 4.90. The van der Waals surface area contributed by atoms with Crippen LogP contribution < -0.4 is 11.1 Å². The van der Waals surface area contributed by atoms with E-state index in [1.54, 1.807) is 4.90 Å². The Morgan fingerprint density at radius 3 is 2.73 bits per heavy atom. The number of nitrogens with two attached hydrogens (primary N) is 1. The summed E-state index contributed by atoms with van der Waals surface area (Å²) >= 11 is 0. The Bertz CT molecular complexity index is 910. The van der Waals surface area contributed by atoms with Gasteiger partial charge in [-0.15, -0.1) is 0 Å². The third-order valence-electron chi connectivity index (χ3n) is 7.12. The molecule has 0 bridgehead atoms. The number of nitrogens with one attached hydrogen (secondary N) is 1. The maximum atomic E-state index is 13.8. The van der Waals surface area contributed by atoms with Gasteiger partial charge >= 0.3 is 6.18 Å². The molecular weight excluding hydrogens is 397 g/mol. The third-order valence-corrected chi connectivity index (χ3v) is 7.12. The van der Waals surface area contributed by atoms with Crippen LogP contribution in [0, 0.1) is 0 Å². The topological polar surface area (TPSA) is 81.2 Å². The van der Waals surface area contributed by atoms with E-state index in [9.17, 15) is 13.2 Å². The van der Waals surface area contributed by atoms with E-state index in [4.69, 9.17) is 10.5 Å². The summed E-state index contributed by atoms with van der Waals surface area (Å²) in [5, 5.41) is 4.05. The van der Waals surface area contributed by atoms with Gasteiger partial charge < -0.3 is 20.4 Å². The molecule has 3 saturated heterocycles. The first-order chi connectivity index (χ1) is 14.4. The van der Waals surface area contributed by atoms with Crippen molar-refractivity contribution in [3.63, 3.8) is 0 Å². The summed E-state index contributed by atoms with van der Waals surface area (Å²) in [6, 6.07) is 0.476. The second kappa shape index (κ2) is 7.35. The van der Waals surface area contributed by atoms with Crippen molar-refractivity contribution in [2.45, 2.75) is 68.6 Å². The average Bonchev–Trinajstić information content (AvgIpc) is 3.41. The van der Waals surface area contributed by atoms with Gasteiger partial charge in [0.15, 0.2) is 0 Å². The van der Waals surface area contributed by atoms with Gasteiger partial charge in [0.1, 0.15) is 30.1 Å². The van der Waals surface area contributed by atoms with Crippen LogP contribution in [-0.4, -0.2) is 62.9 Å². The van der Waals surface area contributed by atoms with Crippen molar-refractivity contribution in [1.29, 1.82) is 0 Å². The fourth-order valence-electron chi connectivity index (χ4n) is 5.59. The SMILES string of the molecule is Nc1ncnc2c1ccn2[C@H]1CC[C@@H](CN2C(C(F)(F)F)CCC23CCNCC3)O1. The third kappa shape index (κ3) is 3.34. The van der Waals surface area contributed by atoms with Gasteiger partial charge in [0.05, 0.1) is 11.5 Å². The molecule has 3 N–H and O–H groups in total. The summed E-state index contributed by atoms with van der Waals surface area (Å²) in [4.78, 5) is 10.0. The molecule has 3 atom stereocenters. The lowest BCUT2D eigenvalue weighted by Crippen LogP contribution is -2.57. The fourth-order valence-corrected chi connectivity index (χ4v) is 5.59. The minimum absolute atomic E-state index is 0.179. The molecule has 30 heavy (non-hydrogen) atoms. The van der Waals surface area contributed by atoms with Crippen LogP contribution in [0.15, 0.2) is 18.6 Å². The Balaban J connectivity index is 1.35. The number of hydrogen-bond donors (Lipinski definition) is 2. The van der Waals surface area contributed by atoms with Gasteiger partial charge in [-0.25, -0.2) is 9.97 Å². The molecule has 5 heterocycles. The van der Waals surface area contributed by atoms with Crippen molar-refractivity contribution in [3.8, 4) is 0 Å². The molecule has 10 heteroatoms. The van der Waals surface area contributed by atoms with E-state index in [2.05, 4.69) is 15.3 Å². The van der Waals surface area contributed by atoms with Crippen LogP contribution in [0.5, 0.6) is 0 Å². The molecule has 5 rings (SSSR count). The number of alkyl halides is 3. The molecule has 3 fully saturated rings. The first-order valence-electron chi connectivity index (χ1n) is 10.6. The van der Waals surface area contributed by atoms with Gasteiger partial charge in [0.25, 0.3) is 0 Å². The Hall–Kier alpha value is -1.91. The van der Waals surface area contributed by atoms with Crippen LogP contribution in [0.4, 0.5) is 19.0 Å². The summed E-state index contributed by atoms with van der Waals surface area (Å²) in [6.45, 7) is 1.86. The monoisotopic (exact) mass is 424 g/mol. The van der Waals surface area contributed by atoms with E-state index in [-0.39, 0.29) is 24.3 Å². The minimum Gasteiger partial charge on any atom is -0.383 e. The molecule has 1 spiro atoms. The van der Waals surface area contributed by atoms with Gasteiger partial charge in [-0.3, -0.25) is 4.90 Å². The highest BCUT2D eigenvalue weighted by molar-refractivity contribution is 5.86. The number of fused-ring (bicyclic) bond motifs is 1. The predicted octanol–water partition coefficient (Wildman–Crippen LogP) is 2.84. The van der Waals surface area contributed by atoms with Crippen molar-refractivity contribution in [2.75, 3.05) is 25.4 Å². The average molecular weight is 424 g/mol. The van der Waals surface area contributed by atoms with Crippen molar-refractivity contribution >= 4 is 16.9 Å². The fraction of sp³-hybridized carbons (Fsp3) is 0.700. The summed E-state index contributed by atoms with van der Waals surface area (Å²) in [5.74, 6) is 0.409. The maximum Gasteiger partial charge on any atom is 0.404 e. The molecule has 0 aromatic carbocycles. The number of hydrogen-bond acceptors (Lipinski definition) is 6. The zero-order chi connectivity index (χ0) is 20.9. The molecule has 0 aliphatic carbocycles. The zero-order valence-electron chi connectivity index (χ0n) is 16.7. The first kappa shape index (κ1) is 20.0. The number of likely N-dealkylation sites (tertiary alicyclic amines) is 1. The molecular formula is C20H27F3N6O. The molecule has 3 aliphatic heterocycles. The Morgan fingerprint density at radius 2 is 1.97 bits per heavy atom. The van der Waals surface area contributed by atoms with E-state index in [0.29, 0.717) is 24.4 Å². The number of aromatic nitrogens is 3. The second-order valence-electron chi connectivity index (χ2n) is 8.73. The van der Waals surface area contributed by atoms with Crippen molar-refractivity contribution in [1.82, 2.24) is 24.8 Å². The van der Waals surface area contributed by atoms with Gasteiger partial charge in [0.2, 0.25) is 0 Å². The minimum atomic E-state index is -4.21. The number of halogens is 3. The number of nitrogens with zero attached hydrogens (tertiary/aromatic N) is 4. The van der Waals surface area contributed by atoms with E-state index in [0.717, 1.165) is 44.2 Å². The largest absolute Gasteiger partial charge is 0.404 e. The van der Waals surface area contributed by atoms with Crippen molar-refractivity contribution in [3.05, 3.63) is 18.6 Å². The maximum absolute atomic E-state index is 13.8. The summed E-state index contributed by atoms with van der Waals surface area (Å²) < 4.78 is 49.6. The number of ether oxygens (including phenoxy) is 1. The van der Waals surface area contributed by atoms with Crippen LogP contribution in [0.1, 0.15) is 44.8 Å². The zero-order valence-corrected chi connectivity index (χ0v) is 16.7. The lowest BCUT2D eigenvalue weighted by molar-refractivity contribution is -0.191. The highest BCUT2D eigenvalue weighted by Crippen LogP contribution is 2.46. The van der Waals surface area contributed by atoms with Gasteiger partial charge in [0, 0.05) is 18.3 Å². The van der Waals surface area contributed by atoms with Crippen LogP contribution in [0.3, 0.4) is 0 Å². The molecule has 3 aliphatic rings. The summed E-state index contributed by atoms with van der Waals surface area (Å²) in [5.41, 5.74) is 6.24. The highest BCUT2D eigenvalue weighted by atomic mass is 19.4. The van der Waals surface area contributed by atoms with E-state index >= 15 is 0 Å². The van der Waals surface area contributed by atoms with Crippen molar-refractivity contribution < 1.29 is 17.9 Å². The smallest absolute Gasteiger partial charge is 0.383 e. The number of rotatable bonds is 3. The van der Waals surface area contributed by atoms with E-state index in [1.807, 2.05) is 16.8 Å². The molecule has 2 aromatic rings. The van der Waals surface area contributed by atoms with Gasteiger partial charge in [-0.05, 0) is 57.7 Å². The lowest BCUT2D eigenvalue weighted by atomic mass is 9.85. The van der Waals surface area contributed by atoms with Crippen LogP contribution in [0.25, 0.3) is 11.0 Å². The van der Waals surface area contributed by atoms with E-state index in [1.165, 1.54) is 6.33 Å². The van der Waals surface area contributed by atoms with Gasteiger partial charge in [-0.1, -0.05) is 0 Å². The number of nitrogen functional groups attached to an aromatic ring is 1. The molecule has 1 unspecified atom stereocenters. The molecule has 7 nitrogen and oxygen atoms in total. The molecule has 0 amide bonds. The highest BCUT2D eigenvalue weighted by Gasteiger charge is 2.56. The number of piperidine rings is 1. The molecule has 0 radical (unpaired) electrons. The van der Waals surface area contributed by atoms with Crippen LogP contribution in [0.2, 0.25) is 0 Å². The molecule has 0 saturated carbocycles. The van der Waals surface area contributed by atoms with E-state index < -0.39 is 12.2 Å². The Morgan fingerprint density at radius 1 is 1.17 bits per heavy atom. The predicted molar refractivity (Wildman–Crippen MR) is 106 cm³/mol. The lowest BCUT2D eigenvalue weighted by Gasteiger charge is -2.45. The van der Waals surface area contributed by atoms with Gasteiger partial charge in [-0.2, -0.15) is 13.2 Å². The summed E-state index contributed by atoms with van der Waals surface area (Å²) in [6.07, 6.45) is 2.34. The van der Waals surface area contributed by atoms with Crippen molar-refractivity contribution in [2.24, 2.45) is 0 Å². The normalized spacial score (nSPS) is 29.9. The standard InChI is InChI=1S/C20H27F3N6O/c21-20(22,23)15-3-5-19(6-8-25-9-7-19)29(15)11-13-1-2-16(30-13)28-10-4-14-17(24)26-12-27-18(14)28/h4,10,12-13,15-16,25H,1-3,5-9,11H2,(H2,24,26,27)/t13-,15?,16+/m0/s1. The quantitative estimate of drug-likeness (QED) is 0.789. The molecule has 2 aromatic heterocycles. The Labute approximate surface area is 172 Å². The first-order valence-corrected chi connectivity index (χ1v) is 10.6. The number of anilines is 1. The second-order valence-corrected chi connectivity index (χ2v) is 8.73. The summed E-state index contributed by atoms with van der Waals surface area (Å²) in [7, 11) is 0. The van der Waals surface area contributed by atoms with Crippen LogP contribution in [-0.2, 0) is 4.74 Å². The van der Waals surface area contributed by atoms with Crippen LogP contribution >= 0.6 is 0 Å². The molecule has 164 valence electrons.